The van der Waals surface area contributed by atoms with Crippen LogP contribution in [0.25, 0.3) is 0 Å². The summed E-state index contributed by atoms with van der Waals surface area (Å²) in [5.74, 6) is 9.18. The van der Waals surface area contributed by atoms with E-state index in [1.807, 2.05) is 6.92 Å². The summed E-state index contributed by atoms with van der Waals surface area (Å²) in [7, 11) is -3.74. The molecule has 0 saturated heterocycles. The Labute approximate surface area is 137 Å². The molecule has 1 aromatic rings. The van der Waals surface area contributed by atoms with Crippen LogP contribution in [0.15, 0.2) is 29.2 Å². The molecule has 0 amide bonds. The maximum atomic E-state index is 11.6. The largest absolute Gasteiger partial charge is 0.384 e. The maximum absolute atomic E-state index is 11.6. The first-order valence-corrected chi connectivity index (χ1v) is 7.59. The van der Waals surface area contributed by atoms with Crippen molar-refractivity contribution in [1.82, 2.24) is 0 Å². The molecule has 0 unspecified atom stereocenters. The molecule has 1 aromatic carbocycles. The molecule has 0 radical (unpaired) electrons. The topological polar surface area (TPSA) is 104 Å². The first-order chi connectivity index (χ1) is 10.5. The van der Waals surface area contributed by atoms with Gasteiger partial charge < -0.3 is 15.3 Å². The third kappa shape index (κ3) is 11.4. The highest BCUT2D eigenvalue weighted by atomic mass is 32.2. The lowest BCUT2D eigenvalue weighted by Gasteiger charge is -2.02. The zero-order valence-corrected chi connectivity index (χ0v) is 12.9. The Morgan fingerprint density at radius 2 is 1.35 bits per heavy atom. The minimum absolute atomic E-state index is 0. The van der Waals surface area contributed by atoms with Crippen molar-refractivity contribution in [2.24, 2.45) is 0 Å². The molecule has 23 heavy (non-hydrogen) atoms. The molecule has 0 aliphatic heterocycles. The van der Waals surface area contributed by atoms with E-state index < -0.39 is 10.1 Å². The molecule has 0 heterocycles. The van der Waals surface area contributed by atoms with Gasteiger partial charge in [0.25, 0.3) is 10.1 Å². The zero-order valence-electron chi connectivity index (χ0n) is 12.1. The minimum Gasteiger partial charge on any atom is -0.384 e. The lowest BCUT2D eigenvalue weighted by Crippen LogP contribution is -2.06. The average molecular weight is 342 g/mol. The summed E-state index contributed by atoms with van der Waals surface area (Å²) < 4.78 is 27.8. The van der Waals surface area contributed by atoms with Gasteiger partial charge in [-0.15, -0.1) is 0 Å². The monoisotopic (exact) mass is 342 g/mol. The molecule has 7 heteroatoms. The van der Waals surface area contributed by atoms with Crippen molar-refractivity contribution >= 4 is 10.1 Å². The summed E-state index contributed by atoms with van der Waals surface area (Å²) in [6.07, 6.45) is 0. The molecule has 0 saturated carbocycles. The predicted molar refractivity (Wildman–Crippen MR) is 87.9 cm³/mol. The highest BCUT2D eigenvalue weighted by Crippen LogP contribution is 2.12. The Morgan fingerprint density at radius 1 is 0.913 bits per heavy atom. The fourth-order valence-corrected chi connectivity index (χ4v) is 1.92. The first-order valence-electron chi connectivity index (χ1n) is 6.18. The van der Waals surface area contributed by atoms with E-state index in [2.05, 4.69) is 27.9 Å². The molecule has 6 nitrogen and oxygen atoms in total. The number of hydrogen-bond acceptors (Lipinski definition) is 6. The number of hydrogen-bond donors (Lipinski definition) is 3. The molecule has 0 bridgehead atoms. The van der Waals surface area contributed by atoms with Crippen molar-refractivity contribution in [2.45, 2.75) is 19.2 Å². The molecule has 1 rings (SSSR count). The molecule has 0 atom stereocenters. The van der Waals surface area contributed by atoms with E-state index in [9.17, 15) is 8.42 Å². The fourth-order valence-electron chi connectivity index (χ4n) is 1.10. The number of aliphatic hydroxyl groups excluding tert-OH is 3. The smallest absolute Gasteiger partial charge is 0.297 e. The summed E-state index contributed by atoms with van der Waals surface area (Å²) in [5, 5.41) is 24.2. The van der Waals surface area contributed by atoms with E-state index in [0.717, 1.165) is 5.56 Å². The molecule has 3 N–H and O–H groups in total. The van der Waals surface area contributed by atoms with Gasteiger partial charge in [-0.2, -0.15) is 8.42 Å². The predicted octanol–water partition coefficient (Wildman–Crippen LogP) is 0.307. The second-order valence-corrected chi connectivity index (χ2v) is 5.33. The Morgan fingerprint density at radius 3 is 1.78 bits per heavy atom. The van der Waals surface area contributed by atoms with E-state index in [1.54, 1.807) is 12.1 Å². The van der Waals surface area contributed by atoms with E-state index in [0.29, 0.717) is 0 Å². The summed E-state index contributed by atoms with van der Waals surface area (Å²) in [6, 6.07) is 6.33. The lowest BCUT2D eigenvalue weighted by molar-refractivity contribution is 0.342. The quantitative estimate of drug-likeness (QED) is 0.539. The number of aryl methyl sites for hydroxylation is 1. The number of rotatable bonds is 3. The van der Waals surface area contributed by atoms with Crippen LogP contribution in [0.1, 0.15) is 13.0 Å². The Kier molecular flexibility index (Phi) is 14.0. The van der Waals surface area contributed by atoms with Gasteiger partial charge in [-0.25, -0.2) is 0 Å². The van der Waals surface area contributed by atoms with Crippen LogP contribution in [0.3, 0.4) is 0 Å². The summed E-state index contributed by atoms with van der Waals surface area (Å²) in [4.78, 5) is 0.101. The van der Waals surface area contributed by atoms with Gasteiger partial charge in [-0.1, -0.05) is 48.8 Å². The Bertz CT molecular complexity index is 634. The molecule has 0 aliphatic carbocycles. The molecule has 0 spiro atoms. The van der Waals surface area contributed by atoms with E-state index in [4.69, 9.17) is 15.3 Å². The summed E-state index contributed by atoms with van der Waals surface area (Å²) in [5.41, 5.74) is 0.971. The van der Waals surface area contributed by atoms with Crippen molar-refractivity contribution in [3.05, 3.63) is 29.8 Å². The third-order valence-corrected chi connectivity index (χ3v) is 3.36. The van der Waals surface area contributed by atoms with Crippen molar-refractivity contribution < 1.29 is 27.9 Å². The van der Waals surface area contributed by atoms with Crippen molar-refractivity contribution in [2.75, 3.05) is 26.4 Å². The van der Waals surface area contributed by atoms with Crippen molar-refractivity contribution in [3.8, 4) is 23.7 Å². The maximum Gasteiger partial charge on any atom is 0.297 e. The van der Waals surface area contributed by atoms with Crippen LogP contribution >= 0.6 is 0 Å². The second-order valence-electron chi connectivity index (χ2n) is 3.71. The Hall–Kier alpha value is -1.87. The fraction of sp³-hybridized carbons (Fsp3) is 0.375. The Balaban J connectivity index is 0. The van der Waals surface area contributed by atoms with Gasteiger partial charge in [-0.05, 0) is 19.1 Å². The molecule has 0 aromatic heterocycles. The van der Waals surface area contributed by atoms with Gasteiger partial charge in [0.1, 0.15) is 26.4 Å². The van der Waals surface area contributed by atoms with Crippen LogP contribution in [-0.4, -0.2) is 50.2 Å². The molecular weight excluding hydrogens is 320 g/mol. The number of aliphatic hydroxyl groups is 3. The molecule has 128 valence electrons. The highest BCUT2D eigenvalue weighted by molar-refractivity contribution is 7.86. The summed E-state index contributed by atoms with van der Waals surface area (Å²) >= 11 is 0. The SMILES string of the molecule is C.Cc1ccc(S(=O)(=O)OCC#CCO)cc1.OCC#CCO. The van der Waals surface area contributed by atoms with Crippen LogP contribution in [-0.2, 0) is 14.3 Å². The van der Waals surface area contributed by atoms with Gasteiger partial charge in [0.05, 0.1) is 4.90 Å². The zero-order chi connectivity index (χ0) is 16.8. The van der Waals surface area contributed by atoms with Gasteiger partial charge in [0, 0.05) is 0 Å². The van der Waals surface area contributed by atoms with E-state index in [1.165, 1.54) is 12.1 Å². The summed E-state index contributed by atoms with van der Waals surface area (Å²) in [6.45, 7) is 0.968. The van der Waals surface area contributed by atoms with Crippen LogP contribution in [0.5, 0.6) is 0 Å². The van der Waals surface area contributed by atoms with Gasteiger partial charge in [-0.3, -0.25) is 4.18 Å². The van der Waals surface area contributed by atoms with Crippen molar-refractivity contribution in [1.29, 1.82) is 0 Å². The first kappa shape index (κ1) is 23.4. The van der Waals surface area contributed by atoms with Gasteiger partial charge >= 0.3 is 0 Å². The van der Waals surface area contributed by atoms with E-state index >= 15 is 0 Å². The van der Waals surface area contributed by atoms with E-state index in [-0.39, 0.29) is 38.7 Å². The normalized spacial score (nSPS) is 9.04. The van der Waals surface area contributed by atoms with Gasteiger partial charge in [0.2, 0.25) is 0 Å². The van der Waals surface area contributed by atoms with Crippen LogP contribution in [0.2, 0.25) is 0 Å². The number of benzene rings is 1. The third-order valence-electron chi connectivity index (χ3n) is 2.08. The van der Waals surface area contributed by atoms with Crippen LogP contribution in [0.4, 0.5) is 0 Å². The van der Waals surface area contributed by atoms with Crippen LogP contribution < -0.4 is 0 Å². The highest BCUT2D eigenvalue weighted by Gasteiger charge is 2.13. The van der Waals surface area contributed by atoms with Crippen LogP contribution in [0, 0.1) is 30.6 Å². The molecule has 0 fully saturated rings. The molecular formula is C16H22O6S. The standard InChI is InChI=1S/C11H12O4S.C4H6O2.CH4/c1-10-4-6-11(7-5-10)16(13,14)15-9-3-2-8-12;5-3-1-2-4-6;/h4-7,12H,8-9H2,1H3;5-6H,3-4H2;1H4. The van der Waals surface area contributed by atoms with Gasteiger partial charge in [0.15, 0.2) is 0 Å². The average Bonchev–Trinajstić information content (AvgIpc) is 2.50. The lowest BCUT2D eigenvalue weighted by atomic mass is 10.2. The second kappa shape index (κ2) is 13.8. The molecule has 0 aliphatic rings. The minimum atomic E-state index is -3.74. The van der Waals surface area contributed by atoms with Crippen molar-refractivity contribution in [3.63, 3.8) is 0 Å².